The molecular formula is C46H55N5O4. The maximum Gasteiger partial charge on any atom is 0.251 e. The van der Waals surface area contributed by atoms with E-state index in [0.29, 0.717) is 37.5 Å². The number of aldehydes is 1. The molecule has 8 rings (SSSR count). The number of benzene rings is 4. The number of carbonyl (C=O) groups excluding carboxylic acids is 3. The lowest BCUT2D eigenvalue weighted by molar-refractivity contribution is -0.120. The van der Waals surface area contributed by atoms with Gasteiger partial charge in [-0.25, -0.2) is 0 Å². The van der Waals surface area contributed by atoms with Crippen LogP contribution in [0.3, 0.4) is 0 Å². The summed E-state index contributed by atoms with van der Waals surface area (Å²) in [6.07, 6.45) is 6.98. The van der Waals surface area contributed by atoms with E-state index in [9.17, 15) is 19.5 Å². The fourth-order valence-electron chi connectivity index (χ4n) is 8.98. The molecule has 0 aromatic heterocycles. The van der Waals surface area contributed by atoms with Crippen LogP contribution in [0.15, 0.2) is 91.0 Å². The Labute approximate surface area is 325 Å². The van der Waals surface area contributed by atoms with Crippen LogP contribution in [0.25, 0.3) is 0 Å². The summed E-state index contributed by atoms with van der Waals surface area (Å²) in [5, 5.41) is 15.6. The number of carbonyl (C=O) groups is 3. The first-order valence-electron chi connectivity index (χ1n) is 20.1. The first-order valence-corrected chi connectivity index (χ1v) is 20.1. The summed E-state index contributed by atoms with van der Waals surface area (Å²) >= 11 is 0. The monoisotopic (exact) mass is 741 g/mol. The molecule has 4 aliphatic rings. The van der Waals surface area contributed by atoms with Gasteiger partial charge in [-0.05, 0) is 114 Å². The molecule has 0 radical (unpaired) electrons. The quantitative estimate of drug-likeness (QED) is 0.124. The van der Waals surface area contributed by atoms with E-state index in [-0.39, 0.29) is 17.7 Å². The summed E-state index contributed by atoms with van der Waals surface area (Å²) in [7, 11) is 1.59. The van der Waals surface area contributed by atoms with Crippen LogP contribution < -0.4 is 20.4 Å². The van der Waals surface area contributed by atoms with E-state index in [1.807, 2.05) is 18.2 Å². The normalized spacial score (nSPS) is 19.8. The number of phenolic OH excluding ortho intramolecular Hbond substituents is 1. The molecule has 2 amide bonds. The van der Waals surface area contributed by atoms with Crippen molar-refractivity contribution in [3.05, 3.63) is 124 Å². The van der Waals surface area contributed by atoms with E-state index in [2.05, 4.69) is 98.1 Å². The number of anilines is 2. The minimum absolute atomic E-state index is 0.00292. The molecule has 3 N–H and O–H groups in total. The van der Waals surface area contributed by atoms with Gasteiger partial charge >= 0.3 is 0 Å². The minimum Gasteiger partial charge on any atom is -0.508 e. The van der Waals surface area contributed by atoms with Gasteiger partial charge < -0.3 is 30.3 Å². The van der Waals surface area contributed by atoms with Crippen molar-refractivity contribution < 1.29 is 19.5 Å². The molecule has 2 unspecified atom stereocenters. The van der Waals surface area contributed by atoms with Crippen LogP contribution >= 0.6 is 0 Å². The molecule has 2 atom stereocenters. The third-order valence-corrected chi connectivity index (χ3v) is 12.1. The highest BCUT2D eigenvalue weighted by atomic mass is 16.3. The molecule has 0 spiro atoms. The summed E-state index contributed by atoms with van der Waals surface area (Å²) in [6, 6.07) is 32.7. The van der Waals surface area contributed by atoms with Crippen molar-refractivity contribution in [1.82, 2.24) is 15.5 Å². The molecule has 4 aromatic carbocycles. The van der Waals surface area contributed by atoms with Gasteiger partial charge in [-0.2, -0.15) is 0 Å². The number of phenols is 1. The number of nitrogens with zero attached hydrogens (tertiary/aromatic N) is 3. The molecule has 0 saturated carbocycles. The van der Waals surface area contributed by atoms with E-state index in [1.165, 1.54) is 53.0 Å². The number of piperazine rings is 1. The summed E-state index contributed by atoms with van der Waals surface area (Å²) < 4.78 is 0. The average Bonchev–Trinajstić information content (AvgIpc) is 3.61. The molecule has 9 heteroatoms. The molecule has 2 fully saturated rings. The summed E-state index contributed by atoms with van der Waals surface area (Å²) in [6.45, 7) is 8.37. The van der Waals surface area contributed by atoms with Crippen molar-refractivity contribution >= 4 is 29.5 Å². The molecule has 9 nitrogen and oxygen atoms in total. The summed E-state index contributed by atoms with van der Waals surface area (Å²) in [4.78, 5) is 39.8. The second kappa shape index (κ2) is 18.0. The van der Waals surface area contributed by atoms with Gasteiger partial charge in [0.25, 0.3) is 5.91 Å². The van der Waals surface area contributed by atoms with E-state index < -0.39 is 0 Å². The number of aromatic hydroxyl groups is 1. The summed E-state index contributed by atoms with van der Waals surface area (Å²) in [5.41, 5.74) is 9.94. The topological polar surface area (TPSA) is 105 Å². The second-order valence-corrected chi connectivity index (χ2v) is 15.5. The zero-order valence-corrected chi connectivity index (χ0v) is 32.1. The molecule has 4 aromatic rings. The number of hydrogen-bond donors (Lipinski definition) is 3. The highest BCUT2D eigenvalue weighted by molar-refractivity contribution is 5.98. The Morgan fingerprint density at radius 2 is 1.55 bits per heavy atom. The summed E-state index contributed by atoms with van der Waals surface area (Å²) in [5.74, 6) is 1.88. The standard InChI is InChI=1S/C40H44N4O2.C6H11NO2/c45-35-12-15-37-31(25-35)8-13-36(29-4-2-1-3-5-29)39(37)30-6-9-33(10-7-30)43-18-16-28(17-19-43)27-42-20-22-44(23-21-42)34-11-14-38-32(24-34)26-41-40(38)46;1-7-6(9)4-2-3-5-8/h1-7,9-12,14-15,24-25,28,36,39,45H,8,13,16-23,26-27H2,(H,41,46);5H,2-4H2,1H3,(H,7,9). The molecule has 3 heterocycles. The van der Waals surface area contributed by atoms with Crippen molar-refractivity contribution in [2.45, 2.75) is 63.3 Å². The van der Waals surface area contributed by atoms with Gasteiger partial charge in [0, 0.05) is 95.1 Å². The maximum absolute atomic E-state index is 11.9. The predicted octanol–water partition coefficient (Wildman–Crippen LogP) is 6.64. The van der Waals surface area contributed by atoms with E-state index in [4.69, 9.17) is 0 Å². The van der Waals surface area contributed by atoms with Crippen LogP contribution in [0.1, 0.15) is 88.5 Å². The molecular weight excluding hydrogens is 687 g/mol. The largest absolute Gasteiger partial charge is 0.508 e. The number of nitrogens with one attached hydrogen (secondary N) is 2. The Bertz CT molecular complexity index is 1920. The molecule has 1 aliphatic carbocycles. The first kappa shape index (κ1) is 38.1. The Kier molecular flexibility index (Phi) is 12.5. The number of rotatable bonds is 10. The van der Waals surface area contributed by atoms with Gasteiger partial charge in [0.15, 0.2) is 0 Å². The third kappa shape index (κ3) is 9.22. The lowest BCUT2D eigenvalue weighted by atomic mass is 9.69. The minimum atomic E-state index is -0.00292. The van der Waals surface area contributed by atoms with Crippen LogP contribution in [-0.4, -0.2) is 81.0 Å². The number of aryl methyl sites for hydroxylation is 1. The van der Waals surface area contributed by atoms with Gasteiger partial charge in [-0.3, -0.25) is 14.5 Å². The molecule has 3 aliphatic heterocycles. The van der Waals surface area contributed by atoms with Crippen LogP contribution in [0.5, 0.6) is 5.75 Å². The van der Waals surface area contributed by atoms with Gasteiger partial charge in [0.1, 0.15) is 12.0 Å². The number of hydrogen-bond acceptors (Lipinski definition) is 7. The zero-order valence-electron chi connectivity index (χ0n) is 32.1. The van der Waals surface area contributed by atoms with Crippen LogP contribution in [-0.2, 0) is 22.6 Å². The van der Waals surface area contributed by atoms with Gasteiger partial charge in [0.2, 0.25) is 5.91 Å². The molecule has 2 saturated heterocycles. The first-order chi connectivity index (χ1) is 26.9. The third-order valence-electron chi connectivity index (χ3n) is 12.1. The second-order valence-electron chi connectivity index (χ2n) is 15.5. The van der Waals surface area contributed by atoms with Crippen molar-refractivity contribution in [3.8, 4) is 5.75 Å². The Morgan fingerprint density at radius 3 is 2.27 bits per heavy atom. The Hall–Kier alpha value is -5.15. The maximum atomic E-state index is 11.9. The van der Waals surface area contributed by atoms with E-state index in [1.54, 1.807) is 7.05 Å². The highest BCUT2D eigenvalue weighted by Crippen LogP contribution is 2.47. The Morgan fingerprint density at radius 1 is 0.818 bits per heavy atom. The van der Waals surface area contributed by atoms with Crippen LogP contribution in [0.2, 0.25) is 0 Å². The van der Waals surface area contributed by atoms with Crippen LogP contribution in [0.4, 0.5) is 11.4 Å². The molecule has 55 heavy (non-hydrogen) atoms. The number of unbranched alkanes of at least 4 members (excludes halogenated alkanes) is 1. The van der Waals surface area contributed by atoms with Crippen molar-refractivity contribution in [2.24, 2.45) is 5.92 Å². The van der Waals surface area contributed by atoms with Gasteiger partial charge in [-0.15, -0.1) is 0 Å². The fraction of sp³-hybridized carbons (Fsp3) is 0.413. The zero-order chi connectivity index (χ0) is 38.1. The molecule has 288 valence electrons. The average molecular weight is 742 g/mol. The Balaban J connectivity index is 0.000000462. The number of piperidine rings is 1. The van der Waals surface area contributed by atoms with Gasteiger partial charge in [0.05, 0.1) is 0 Å². The molecule has 0 bridgehead atoms. The van der Waals surface area contributed by atoms with Crippen LogP contribution in [0, 0.1) is 5.92 Å². The van der Waals surface area contributed by atoms with Crippen molar-refractivity contribution in [3.63, 3.8) is 0 Å². The SMILES string of the molecule is CNC(=O)CCCC=O.O=C1NCc2cc(N3CCN(CC4CCN(c5ccc(C6c7ccc(O)cc7CCC6c6ccccc6)cc5)CC4)CC3)ccc21. The highest BCUT2D eigenvalue weighted by Gasteiger charge is 2.32. The van der Waals surface area contributed by atoms with Crippen molar-refractivity contribution in [2.75, 3.05) is 62.7 Å². The number of amides is 2. The lowest BCUT2D eigenvalue weighted by Gasteiger charge is -2.40. The fourth-order valence-corrected chi connectivity index (χ4v) is 8.98. The van der Waals surface area contributed by atoms with E-state index in [0.717, 1.165) is 75.4 Å². The lowest BCUT2D eigenvalue weighted by Crippen LogP contribution is -2.49. The van der Waals surface area contributed by atoms with E-state index >= 15 is 0 Å². The van der Waals surface area contributed by atoms with Crippen molar-refractivity contribution in [1.29, 1.82) is 0 Å². The van der Waals surface area contributed by atoms with Gasteiger partial charge in [-0.1, -0.05) is 48.5 Å². The smallest absolute Gasteiger partial charge is 0.251 e. The predicted molar refractivity (Wildman–Crippen MR) is 219 cm³/mol. The number of fused-ring (bicyclic) bond motifs is 2.